The first kappa shape index (κ1) is 10.9. The normalized spacial score (nSPS) is 20.2. The first-order valence-electron chi connectivity index (χ1n) is 5.63. The van der Waals surface area contributed by atoms with Gasteiger partial charge < -0.3 is 10.0 Å². The average Bonchev–Trinajstić information content (AvgIpc) is 2.59. The molecule has 0 bridgehead atoms. The molecule has 90 valence electrons. The van der Waals surface area contributed by atoms with E-state index in [1.165, 1.54) is 16.0 Å². The maximum Gasteiger partial charge on any atom is 0.407 e. The van der Waals surface area contributed by atoms with Crippen LogP contribution in [0.3, 0.4) is 0 Å². The number of carbonyl (C=O) groups is 1. The number of fused-ring (bicyclic) bond motifs is 1. The molecule has 0 radical (unpaired) electrons. The van der Waals surface area contributed by atoms with Gasteiger partial charge in [-0.2, -0.15) is 0 Å². The Kier molecular flexibility index (Phi) is 2.49. The summed E-state index contributed by atoms with van der Waals surface area (Å²) in [6, 6.07) is 6.31. The molecule has 0 atom stereocenters. The molecule has 0 saturated carbocycles. The Morgan fingerprint density at radius 2 is 2.12 bits per heavy atom. The maximum atomic E-state index is 10.7. The Labute approximate surface area is 104 Å². The summed E-state index contributed by atoms with van der Waals surface area (Å²) >= 11 is 6.15. The Morgan fingerprint density at radius 3 is 2.76 bits per heavy atom. The summed E-state index contributed by atoms with van der Waals surface area (Å²) in [6.45, 7) is 2.95. The van der Waals surface area contributed by atoms with E-state index in [4.69, 9.17) is 16.7 Å². The molecule has 0 aromatic heterocycles. The van der Waals surface area contributed by atoms with E-state index in [1.807, 2.05) is 12.1 Å². The van der Waals surface area contributed by atoms with Gasteiger partial charge in [-0.1, -0.05) is 23.7 Å². The van der Waals surface area contributed by atoms with Gasteiger partial charge in [-0.25, -0.2) is 4.79 Å². The van der Waals surface area contributed by atoms with Crippen molar-refractivity contribution >= 4 is 17.7 Å². The van der Waals surface area contributed by atoms with Crippen molar-refractivity contribution in [2.75, 3.05) is 13.1 Å². The highest BCUT2D eigenvalue weighted by atomic mass is 35.5. The van der Waals surface area contributed by atoms with Crippen LogP contribution >= 0.6 is 11.6 Å². The molecule has 17 heavy (non-hydrogen) atoms. The van der Waals surface area contributed by atoms with E-state index < -0.39 is 6.09 Å². The molecule has 5 heteroatoms. The van der Waals surface area contributed by atoms with E-state index in [-0.39, 0.29) is 0 Å². The van der Waals surface area contributed by atoms with Crippen molar-refractivity contribution in [3.63, 3.8) is 0 Å². The molecular formula is C12H13ClN2O2. The highest BCUT2D eigenvalue weighted by molar-refractivity contribution is 6.31. The number of halogens is 1. The van der Waals surface area contributed by atoms with E-state index in [0.29, 0.717) is 19.1 Å². The summed E-state index contributed by atoms with van der Waals surface area (Å²) in [5.41, 5.74) is 2.47. The van der Waals surface area contributed by atoms with Crippen LogP contribution in [0.15, 0.2) is 18.2 Å². The molecular weight excluding hydrogens is 240 g/mol. The van der Waals surface area contributed by atoms with Gasteiger partial charge in [0.25, 0.3) is 0 Å². The second-order valence-electron chi connectivity index (χ2n) is 4.62. The quantitative estimate of drug-likeness (QED) is 0.832. The predicted molar refractivity (Wildman–Crippen MR) is 64.1 cm³/mol. The minimum Gasteiger partial charge on any atom is -0.465 e. The number of likely N-dealkylation sites (tertiary alicyclic amines) is 1. The SMILES string of the molecule is O=C(O)N1CC(N2Cc3cccc(Cl)c3C2)C1. The highest BCUT2D eigenvalue weighted by Gasteiger charge is 2.37. The van der Waals surface area contributed by atoms with E-state index in [9.17, 15) is 4.79 Å². The lowest BCUT2D eigenvalue weighted by molar-refractivity contribution is 0.0349. The lowest BCUT2D eigenvalue weighted by Crippen LogP contribution is -2.59. The summed E-state index contributed by atoms with van der Waals surface area (Å²) in [7, 11) is 0. The average molecular weight is 253 g/mol. The number of rotatable bonds is 1. The Balaban J connectivity index is 1.68. The molecule has 1 amide bonds. The smallest absolute Gasteiger partial charge is 0.407 e. The third kappa shape index (κ3) is 1.77. The molecule has 0 unspecified atom stereocenters. The molecule has 2 heterocycles. The minimum atomic E-state index is -0.823. The maximum absolute atomic E-state index is 10.7. The molecule has 0 spiro atoms. The first-order chi connectivity index (χ1) is 8.15. The van der Waals surface area contributed by atoms with Gasteiger partial charge in [0.1, 0.15) is 0 Å². The van der Waals surface area contributed by atoms with Crippen LogP contribution in [0.5, 0.6) is 0 Å². The van der Waals surface area contributed by atoms with E-state index in [2.05, 4.69) is 11.0 Å². The van der Waals surface area contributed by atoms with Crippen molar-refractivity contribution in [3.8, 4) is 0 Å². The Hall–Kier alpha value is -1.26. The van der Waals surface area contributed by atoms with Crippen LogP contribution in [0.2, 0.25) is 5.02 Å². The molecule has 1 aromatic carbocycles. The fourth-order valence-electron chi connectivity index (χ4n) is 2.51. The highest BCUT2D eigenvalue weighted by Crippen LogP contribution is 2.32. The van der Waals surface area contributed by atoms with Crippen LogP contribution in [-0.2, 0) is 13.1 Å². The summed E-state index contributed by atoms with van der Waals surface area (Å²) in [5.74, 6) is 0. The number of benzene rings is 1. The summed E-state index contributed by atoms with van der Waals surface area (Å²) < 4.78 is 0. The van der Waals surface area contributed by atoms with Gasteiger partial charge in [-0.3, -0.25) is 4.90 Å². The molecule has 2 aliphatic heterocycles. The van der Waals surface area contributed by atoms with Gasteiger partial charge in [-0.15, -0.1) is 0 Å². The second kappa shape index (κ2) is 3.89. The van der Waals surface area contributed by atoms with Gasteiger partial charge in [0.05, 0.1) is 0 Å². The number of hydrogen-bond donors (Lipinski definition) is 1. The molecule has 1 aromatic rings. The van der Waals surface area contributed by atoms with E-state index in [1.54, 1.807) is 0 Å². The van der Waals surface area contributed by atoms with Crippen molar-refractivity contribution in [1.82, 2.24) is 9.80 Å². The van der Waals surface area contributed by atoms with Crippen LogP contribution in [0.4, 0.5) is 4.79 Å². The van der Waals surface area contributed by atoms with Gasteiger partial charge >= 0.3 is 6.09 Å². The van der Waals surface area contributed by atoms with Crippen LogP contribution in [0.1, 0.15) is 11.1 Å². The number of hydrogen-bond acceptors (Lipinski definition) is 2. The summed E-state index contributed by atoms with van der Waals surface area (Å²) in [5, 5.41) is 9.62. The zero-order valence-electron chi connectivity index (χ0n) is 9.27. The fourth-order valence-corrected chi connectivity index (χ4v) is 2.76. The van der Waals surface area contributed by atoms with Crippen LogP contribution < -0.4 is 0 Å². The topological polar surface area (TPSA) is 43.8 Å². The van der Waals surface area contributed by atoms with E-state index >= 15 is 0 Å². The first-order valence-corrected chi connectivity index (χ1v) is 6.01. The molecule has 1 N–H and O–H groups in total. The predicted octanol–water partition coefficient (Wildman–Crippen LogP) is 2.02. The fraction of sp³-hybridized carbons (Fsp3) is 0.417. The molecule has 1 saturated heterocycles. The minimum absolute atomic E-state index is 0.342. The van der Waals surface area contributed by atoms with Crippen molar-refractivity contribution in [2.45, 2.75) is 19.1 Å². The van der Waals surface area contributed by atoms with Crippen molar-refractivity contribution in [1.29, 1.82) is 0 Å². The summed E-state index contributed by atoms with van der Waals surface area (Å²) in [6.07, 6.45) is -0.823. The third-order valence-electron chi connectivity index (χ3n) is 3.60. The Morgan fingerprint density at radius 1 is 1.35 bits per heavy atom. The van der Waals surface area contributed by atoms with Crippen LogP contribution in [0, 0.1) is 0 Å². The third-order valence-corrected chi connectivity index (χ3v) is 3.95. The standard InChI is InChI=1S/C12H13ClN2O2/c13-11-3-1-2-8-4-14(7-10(8)11)9-5-15(6-9)12(16)17/h1-3,9H,4-7H2,(H,16,17). The molecule has 0 aliphatic carbocycles. The number of nitrogens with zero attached hydrogens (tertiary/aromatic N) is 2. The summed E-state index contributed by atoms with van der Waals surface area (Å²) in [4.78, 5) is 14.4. The largest absolute Gasteiger partial charge is 0.465 e. The van der Waals surface area contributed by atoms with E-state index in [0.717, 1.165) is 18.1 Å². The van der Waals surface area contributed by atoms with Gasteiger partial charge in [-0.05, 0) is 17.2 Å². The van der Waals surface area contributed by atoms with Crippen molar-refractivity contribution < 1.29 is 9.90 Å². The zero-order chi connectivity index (χ0) is 12.0. The molecule has 4 nitrogen and oxygen atoms in total. The second-order valence-corrected chi connectivity index (χ2v) is 5.03. The molecule has 2 aliphatic rings. The van der Waals surface area contributed by atoms with Crippen molar-refractivity contribution in [3.05, 3.63) is 34.3 Å². The number of amides is 1. The Bertz CT molecular complexity index is 472. The molecule has 3 rings (SSSR count). The van der Waals surface area contributed by atoms with Crippen LogP contribution in [-0.4, -0.2) is 40.1 Å². The number of carboxylic acid groups (broad SMARTS) is 1. The lowest BCUT2D eigenvalue weighted by Gasteiger charge is -2.42. The van der Waals surface area contributed by atoms with Crippen molar-refractivity contribution in [2.24, 2.45) is 0 Å². The van der Waals surface area contributed by atoms with Gasteiger partial charge in [0.15, 0.2) is 0 Å². The lowest BCUT2D eigenvalue weighted by atomic mass is 10.1. The monoisotopic (exact) mass is 252 g/mol. The van der Waals surface area contributed by atoms with Gasteiger partial charge in [0.2, 0.25) is 0 Å². The molecule has 1 fully saturated rings. The zero-order valence-corrected chi connectivity index (χ0v) is 10.0. The van der Waals surface area contributed by atoms with Crippen LogP contribution in [0.25, 0.3) is 0 Å². The van der Waals surface area contributed by atoms with Gasteiger partial charge in [0, 0.05) is 37.2 Å².